The summed E-state index contributed by atoms with van der Waals surface area (Å²) in [6.07, 6.45) is 3.22. The third-order valence-electron chi connectivity index (χ3n) is 6.49. The lowest BCUT2D eigenvalue weighted by Gasteiger charge is -2.37. The Morgan fingerprint density at radius 2 is 1.75 bits per heavy atom. The quantitative estimate of drug-likeness (QED) is 0.455. The highest BCUT2D eigenvalue weighted by atomic mass is 19.1. The second-order valence-electron chi connectivity index (χ2n) is 9.37. The first kappa shape index (κ1) is 27.7. The van der Waals surface area contributed by atoms with E-state index >= 15 is 0 Å². The van der Waals surface area contributed by atoms with Crippen LogP contribution < -0.4 is 10.6 Å². The first-order chi connectivity index (χ1) is 17.3. The summed E-state index contributed by atoms with van der Waals surface area (Å²) < 4.78 is 32.3. The SMILES string of the molecule is CCCCN1CCN(C(C)c2cc(NC(=O)C(CCC)NC(=O)Cc3cc(F)cc(F)c3)no2)CC1. The molecule has 1 aliphatic rings. The molecule has 1 saturated heterocycles. The van der Waals surface area contributed by atoms with Crippen LogP contribution in [0.25, 0.3) is 0 Å². The van der Waals surface area contributed by atoms with Gasteiger partial charge in [0.15, 0.2) is 11.6 Å². The van der Waals surface area contributed by atoms with E-state index in [1.807, 2.05) is 6.92 Å². The molecule has 0 saturated carbocycles. The van der Waals surface area contributed by atoms with Gasteiger partial charge in [-0.3, -0.25) is 14.5 Å². The van der Waals surface area contributed by atoms with Gasteiger partial charge in [-0.1, -0.05) is 31.8 Å². The fourth-order valence-corrected chi connectivity index (χ4v) is 4.40. The minimum absolute atomic E-state index is 0.0225. The minimum Gasteiger partial charge on any atom is -0.358 e. The Balaban J connectivity index is 1.53. The van der Waals surface area contributed by atoms with E-state index in [1.165, 1.54) is 12.8 Å². The smallest absolute Gasteiger partial charge is 0.248 e. The van der Waals surface area contributed by atoms with E-state index in [9.17, 15) is 18.4 Å². The maximum absolute atomic E-state index is 13.4. The molecule has 2 aromatic rings. The second kappa shape index (κ2) is 13.5. The molecule has 0 aliphatic carbocycles. The summed E-state index contributed by atoms with van der Waals surface area (Å²) >= 11 is 0. The molecule has 8 nitrogen and oxygen atoms in total. The summed E-state index contributed by atoms with van der Waals surface area (Å²) in [6, 6.07) is 3.87. The summed E-state index contributed by atoms with van der Waals surface area (Å²) in [5.74, 6) is -1.48. The third kappa shape index (κ3) is 8.09. The van der Waals surface area contributed by atoms with Gasteiger partial charge < -0.3 is 20.1 Å². The molecule has 2 heterocycles. The number of unbranched alkanes of at least 4 members (excludes halogenated alkanes) is 1. The van der Waals surface area contributed by atoms with Gasteiger partial charge in [-0.2, -0.15) is 0 Å². The van der Waals surface area contributed by atoms with Crippen LogP contribution in [0.2, 0.25) is 0 Å². The molecule has 3 rings (SSSR count). The topological polar surface area (TPSA) is 90.7 Å². The summed E-state index contributed by atoms with van der Waals surface area (Å²) in [6.45, 7) is 11.2. The number of halogens is 2. The maximum Gasteiger partial charge on any atom is 0.248 e. The largest absolute Gasteiger partial charge is 0.358 e. The third-order valence-corrected chi connectivity index (χ3v) is 6.49. The molecule has 1 fully saturated rings. The fourth-order valence-electron chi connectivity index (χ4n) is 4.40. The molecule has 2 amide bonds. The minimum atomic E-state index is -0.810. The number of rotatable bonds is 12. The van der Waals surface area contributed by atoms with Crippen molar-refractivity contribution in [1.82, 2.24) is 20.3 Å². The summed E-state index contributed by atoms with van der Waals surface area (Å²) in [7, 11) is 0. The Bertz CT molecular complexity index is 987. The van der Waals surface area contributed by atoms with Crippen molar-refractivity contribution in [1.29, 1.82) is 0 Å². The Kier molecular flexibility index (Phi) is 10.4. The Hall–Kier alpha value is -2.85. The average molecular weight is 506 g/mol. The monoisotopic (exact) mass is 505 g/mol. The molecule has 10 heteroatoms. The number of carbonyl (C=O) groups excluding carboxylic acids is 2. The predicted molar refractivity (Wildman–Crippen MR) is 133 cm³/mol. The number of hydrogen-bond acceptors (Lipinski definition) is 6. The number of hydrogen-bond donors (Lipinski definition) is 2. The maximum atomic E-state index is 13.4. The summed E-state index contributed by atoms with van der Waals surface area (Å²) in [4.78, 5) is 30.1. The zero-order valence-corrected chi connectivity index (χ0v) is 21.4. The first-order valence-corrected chi connectivity index (χ1v) is 12.8. The van der Waals surface area contributed by atoms with E-state index in [0.29, 0.717) is 18.6 Å². The highest BCUT2D eigenvalue weighted by Crippen LogP contribution is 2.24. The van der Waals surface area contributed by atoms with Crippen molar-refractivity contribution in [2.45, 2.75) is 65.0 Å². The number of aromatic nitrogens is 1. The molecule has 2 atom stereocenters. The molecular formula is C26H37F2N5O3. The second-order valence-corrected chi connectivity index (χ2v) is 9.37. The fraction of sp³-hybridized carbons (Fsp3) is 0.577. The van der Waals surface area contributed by atoms with Gasteiger partial charge in [0, 0.05) is 38.3 Å². The van der Waals surface area contributed by atoms with Crippen LogP contribution in [0.1, 0.15) is 63.8 Å². The number of anilines is 1. The van der Waals surface area contributed by atoms with Crippen LogP contribution in [0, 0.1) is 11.6 Å². The highest BCUT2D eigenvalue weighted by molar-refractivity contribution is 5.96. The van der Waals surface area contributed by atoms with Gasteiger partial charge in [0.2, 0.25) is 11.8 Å². The van der Waals surface area contributed by atoms with E-state index in [-0.39, 0.29) is 23.8 Å². The number of nitrogens with zero attached hydrogens (tertiary/aromatic N) is 3. The van der Waals surface area contributed by atoms with Gasteiger partial charge in [0.25, 0.3) is 0 Å². The zero-order chi connectivity index (χ0) is 26.1. The number of piperazine rings is 1. The lowest BCUT2D eigenvalue weighted by Crippen LogP contribution is -2.47. The van der Waals surface area contributed by atoms with Crippen LogP contribution >= 0.6 is 0 Å². The van der Waals surface area contributed by atoms with Crippen molar-refractivity contribution in [3.05, 3.63) is 47.2 Å². The number of nitrogens with one attached hydrogen (secondary N) is 2. The lowest BCUT2D eigenvalue weighted by atomic mass is 10.1. The molecule has 0 spiro atoms. The number of benzene rings is 1. The van der Waals surface area contributed by atoms with E-state index in [2.05, 4.69) is 39.4 Å². The molecule has 0 radical (unpaired) electrons. The standard InChI is InChI=1S/C26H37F2N5O3/c1-4-6-8-32-9-11-33(12-10-32)18(3)23-17-24(31-36-23)30-26(35)22(7-5-2)29-25(34)15-19-13-20(27)16-21(28)14-19/h13-14,16-18,22H,4-12,15H2,1-3H3,(H,29,34)(H,30,31,35). The van der Waals surface area contributed by atoms with Crippen LogP contribution in [-0.2, 0) is 16.0 Å². The van der Waals surface area contributed by atoms with E-state index in [1.54, 1.807) is 6.07 Å². The van der Waals surface area contributed by atoms with E-state index in [4.69, 9.17) is 4.52 Å². The molecule has 198 valence electrons. The molecule has 1 aromatic heterocycles. The van der Waals surface area contributed by atoms with Crippen LogP contribution in [0.3, 0.4) is 0 Å². The van der Waals surface area contributed by atoms with Gasteiger partial charge in [-0.15, -0.1) is 0 Å². The first-order valence-electron chi connectivity index (χ1n) is 12.8. The van der Waals surface area contributed by atoms with Crippen molar-refractivity contribution in [3.8, 4) is 0 Å². The van der Waals surface area contributed by atoms with Crippen molar-refractivity contribution in [2.75, 3.05) is 38.0 Å². The molecule has 0 bridgehead atoms. The zero-order valence-electron chi connectivity index (χ0n) is 21.4. The van der Waals surface area contributed by atoms with Crippen molar-refractivity contribution < 1.29 is 22.9 Å². The molecule has 2 N–H and O–H groups in total. The molecule has 36 heavy (non-hydrogen) atoms. The molecule has 2 unspecified atom stereocenters. The number of amides is 2. The summed E-state index contributed by atoms with van der Waals surface area (Å²) in [5.41, 5.74) is 0.196. The van der Waals surface area contributed by atoms with Crippen LogP contribution in [0.15, 0.2) is 28.8 Å². The Morgan fingerprint density at radius 3 is 2.39 bits per heavy atom. The van der Waals surface area contributed by atoms with Gasteiger partial charge in [0.05, 0.1) is 12.5 Å². The van der Waals surface area contributed by atoms with Crippen LogP contribution in [0.4, 0.5) is 14.6 Å². The van der Waals surface area contributed by atoms with E-state index < -0.39 is 29.5 Å². The lowest BCUT2D eigenvalue weighted by molar-refractivity contribution is -0.126. The Morgan fingerprint density at radius 1 is 1.06 bits per heavy atom. The van der Waals surface area contributed by atoms with Crippen LogP contribution in [0.5, 0.6) is 0 Å². The van der Waals surface area contributed by atoms with Gasteiger partial charge in [-0.25, -0.2) is 8.78 Å². The Labute approximate surface area is 211 Å². The predicted octanol–water partition coefficient (Wildman–Crippen LogP) is 3.90. The van der Waals surface area contributed by atoms with Crippen molar-refractivity contribution >= 4 is 17.6 Å². The highest BCUT2D eigenvalue weighted by Gasteiger charge is 2.26. The molecular weight excluding hydrogens is 468 g/mol. The average Bonchev–Trinajstić information content (AvgIpc) is 3.30. The molecule has 1 aromatic carbocycles. The summed E-state index contributed by atoms with van der Waals surface area (Å²) in [5, 5.41) is 9.37. The van der Waals surface area contributed by atoms with Gasteiger partial charge in [-0.05, 0) is 44.0 Å². The normalized spacial score (nSPS) is 16.5. The van der Waals surface area contributed by atoms with Crippen molar-refractivity contribution in [3.63, 3.8) is 0 Å². The van der Waals surface area contributed by atoms with E-state index in [0.717, 1.165) is 50.9 Å². The molecule has 1 aliphatic heterocycles. The van der Waals surface area contributed by atoms with Gasteiger partial charge in [0.1, 0.15) is 17.7 Å². The van der Waals surface area contributed by atoms with Crippen LogP contribution in [-0.4, -0.2) is 65.5 Å². The van der Waals surface area contributed by atoms with Gasteiger partial charge >= 0.3 is 0 Å². The van der Waals surface area contributed by atoms with Crippen molar-refractivity contribution in [2.24, 2.45) is 0 Å². The number of carbonyl (C=O) groups is 2.